The molecule has 1 amide bonds. The van der Waals surface area contributed by atoms with Crippen molar-refractivity contribution in [3.05, 3.63) is 46.7 Å². The summed E-state index contributed by atoms with van der Waals surface area (Å²) in [5.41, 5.74) is 1.91. The van der Waals surface area contributed by atoms with Gasteiger partial charge in [0.1, 0.15) is 0 Å². The number of carboxylic acid groups (broad SMARTS) is 1. The molecule has 1 aromatic heterocycles. The molecule has 0 spiro atoms. The number of piperidine rings is 1. The molecule has 7 heteroatoms. The van der Waals surface area contributed by atoms with Gasteiger partial charge in [0.15, 0.2) is 5.69 Å². The van der Waals surface area contributed by atoms with Gasteiger partial charge in [0.2, 0.25) is 0 Å². The Morgan fingerprint density at radius 1 is 1.33 bits per heavy atom. The van der Waals surface area contributed by atoms with Crippen LogP contribution in [0.25, 0.3) is 5.69 Å². The second-order valence-corrected chi connectivity index (χ2v) is 6.43. The second kappa shape index (κ2) is 6.65. The average molecular weight is 348 g/mol. The van der Waals surface area contributed by atoms with Crippen molar-refractivity contribution in [3.8, 4) is 5.69 Å². The number of carbonyl (C=O) groups excluding carboxylic acids is 1. The summed E-state index contributed by atoms with van der Waals surface area (Å²) >= 11 is 6.01. The van der Waals surface area contributed by atoms with Gasteiger partial charge in [0.25, 0.3) is 5.91 Å². The number of aliphatic carboxylic acids is 1. The fraction of sp³-hybridized carbons (Fsp3) is 0.353. The van der Waals surface area contributed by atoms with Crippen molar-refractivity contribution in [2.75, 3.05) is 13.1 Å². The summed E-state index contributed by atoms with van der Waals surface area (Å²) in [7, 11) is 0. The van der Waals surface area contributed by atoms with E-state index in [1.165, 1.54) is 0 Å². The number of aromatic nitrogens is 2. The molecule has 0 radical (unpaired) electrons. The third kappa shape index (κ3) is 3.28. The van der Waals surface area contributed by atoms with E-state index < -0.39 is 11.9 Å². The third-order valence-corrected chi connectivity index (χ3v) is 4.45. The summed E-state index contributed by atoms with van der Waals surface area (Å²) in [6.07, 6.45) is 1.30. The van der Waals surface area contributed by atoms with Crippen molar-refractivity contribution in [3.63, 3.8) is 0 Å². The highest BCUT2D eigenvalue weighted by Crippen LogP contribution is 2.21. The van der Waals surface area contributed by atoms with Crippen molar-refractivity contribution in [2.45, 2.75) is 19.8 Å². The molecule has 0 aliphatic carbocycles. The Hall–Kier alpha value is -2.34. The van der Waals surface area contributed by atoms with Gasteiger partial charge in [-0.15, -0.1) is 0 Å². The zero-order valence-corrected chi connectivity index (χ0v) is 14.0. The lowest BCUT2D eigenvalue weighted by Crippen LogP contribution is -2.42. The second-order valence-electron chi connectivity index (χ2n) is 5.99. The number of carboxylic acids is 1. The standard InChI is InChI=1S/C17H18ClN3O3/c1-11-8-15(19-21(11)14-6-2-5-13(18)9-14)16(22)20-7-3-4-12(10-20)17(23)24/h2,5-6,8-9,12H,3-4,7,10H2,1H3,(H,23,24). The molecule has 1 unspecified atom stereocenters. The third-order valence-electron chi connectivity index (χ3n) is 4.22. The van der Waals surface area contributed by atoms with Crippen LogP contribution in [0.2, 0.25) is 5.02 Å². The molecule has 2 aromatic rings. The molecular formula is C17H18ClN3O3. The van der Waals surface area contributed by atoms with E-state index in [-0.39, 0.29) is 12.5 Å². The maximum absolute atomic E-state index is 12.7. The largest absolute Gasteiger partial charge is 0.481 e. The van der Waals surface area contributed by atoms with Crippen LogP contribution in [0.1, 0.15) is 29.0 Å². The molecule has 1 saturated heterocycles. The minimum Gasteiger partial charge on any atom is -0.481 e. The van der Waals surface area contributed by atoms with Gasteiger partial charge >= 0.3 is 5.97 Å². The van der Waals surface area contributed by atoms with E-state index in [1.807, 2.05) is 19.1 Å². The highest BCUT2D eigenvalue weighted by Gasteiger charge is 2.29. The van der Waals surface area contributed by atoms with Gasteiger partial charge in [0.05, 0.1) is 11.6 Å². The van der Waals surface area contributed by atoms with Gasteiger partial charge in [-0.3, -0.25) is 9.59 Å². The molecule has 3 rings (SSSR count). The first-order valence-corrected chi connectivity index (χ1v) is 8.18. The maximum atomic E-state index is 12.7. The molecule has 1 aromatic carbocycles. The number of hydrogen-bond acceptors (Lipinski definition) is 3. The number of halogens is 1. The molecule has 1 atom stereocenters. The molecule has 1 fully saturated rings. The topological polar surface area (TPSA) is 75.4 Å². The Kier molecular flexibility index (Phi) is 4.57. The first-order chi connectivity index (χ1) is 11.5. The van der Waals surface area contributed by atoms with E-state index in [1.54, 1.807) is 27.8 Å². The summed E-state index contributed by atoms with van der Waals surface area (Å²) in [4.78, 5) is 25.4. The highest BCUT2D eigenvalue weighted by molar-refractivity contribution is 6.30. The molecule has 2 heterocycles. The number of rotatable bonds is 3. The highest BCUT2D eigenvalue weighted by atomic mass is 35.5. The molecule has 1 aliphatic heterocycles. The lowest BCUT2D eigenvalue weighted by Gasteiger charge is -2.30. The number of nitrogens with zero attached hydrogens (tertiary/aromatic N) is 3. The van der Waals surface area contributed by atoms with Crippen LogP contribution in [-0.4, -0.2) is 44.8 Å². The zero-order valence-electron chi connectivity index (χ0n) is 13.3. The van der Waals surface area contributed by atoms with E-state index >= 15 is 0 Å². The zero-order chi connectivity index (χ0) is 17.3. The monoisotopic (exact) mass is 347 g/mol. The van der Waals surface area contributed by atoms with Crippen LogP contribution < -0.4 is 0 Å². The summed E-state index contributed by atoms with van der Waals surface area (Å²) in [6, 6.07) is 8.95. The number of amides is 1. The van der Waals surface area contributed by atoms with E-state index in [0.29, 0.717) is 30.1 Å². The lowest BCUT2D eigenvalue weighted by molar-refractivity contribution is -0.143. The summed E-state index contributed by atoms with van der Waals surface area (Å²) < 4.78 is 1.66. The summed E-state index contributed by atoms with van der Waals surface area (Å²) in [6.45, 7) is 2.66. The van der Waals surface area contributed by atoms with Crippen molar-refractivity contribution in [1.82, 2.24) is 14.7 Å². The number of aryl methyl sites for hydroxylation is 1. The van der Waals surface area contributed by atoms with E-state index in [9.17, 15) is 9.59 Å². The van der Waals surface area contributed by atoms with Crippen LogP contribution in [-0.2, 0) is 4.79 Å². The fourth-order valence-electron chi connectivity index (χ4n) is 2.97. The van der Waals surface area contributed by atoms with Crippen molar-refractivity contribution < 1.29 is 14.7 Å². The van der Waals surface area contributed by atoms with Crippen LogP contribution in [0.4, 0.5) is 0 Å². The fourth-order valence-corrected chi connectivity index (χ4v) is 3.16. The Balaban J connectivity index is 1.84. The summed E-state index contributed by atoms with van der Waals surface area (Å²) in [5.74, 6) is -1.59. The lowest BCUT2D eigenvalue weighted by atomic mass is 9.98. The average Bonchev–Trinajstić information content (AvgIpc) is 2.96. The van der Waals surface area contributed by atoms with Gasteiger partial charge in [-0.25, -0.2) is 4.68 Å². The summed E-state index contributed by atoms with van der Waals surface area (Å²) in [5, 5.41) is 14.1. The number of likely N-dealkylation sites (tertiary alicyclic amines) is 1. The number of carbonyl (C=O) groups is 2. The van der Waals surface area contributed by atoms with Crippen LogP contribution in [0.3, 0.4) is 0 Å². The first kappa shape index (κ1) is 16.5. The van der Waals surface area contributed by atoms with Gasteiger partial charge < -0.3 is 10.0 Å². The molecule has 0 bridgehead atoms. The first-order valence-electron chi connectivity index (χ1n) is 7.80. The van der Waals surface area contributed by atoms with Crippen molar-refractivity contribution in [2.24, 2.45) is 5.92 Å². The van der Waals surface area contributed by atoms with Crippen LogP contribution in [0.15, 0.2) is 30.3 Å². The van der Waals surface area contributed by atoms with Crippen LogP contribution >= 0.6 is 11.6 Å². The SMILES string of the molecule is Cc1cc(C(=O)N2CCCC(C(=O)O)C2)nn1-c1cccc(Cl)c1. The predicted molar refractivity (Wildman–Crippen MR) is 89.6 cm³/mol. The maximum Gasteiger partial charge on any atom is 0.308 e. The van der Waals surface area contributed by atoms with Crippen molar-refractivity contribution in [1.29, 1.82) is 0 Å². The molecule has 6 nitrogen and oxygen atoms in total. The van der Waals surface area contributed by atoms with E-state index in [2.05, 4.69) is 5.10 Å². The predicted octanol–water partition coefficient (Wildman–Crippen LogP) is 2.77. The van der Waals surface area contributed by atoms with Crippen molar-refractivity contribution >= 4 is 23.5 Å². The van der Waals surface area contributed by atoms with Gasteiger partial charge in [0, 0.05) is 23.8 Å². The molecule has 1 aliphatic rings. The van der Waals surface area contributed by atoms with Crippen LogP contribution in [0, 0.1) is 12.8 Å². The minimum absolute atomic E-state index is 0.232. The normalized spacial score (nSPS) is 17.8. The number of benzene rings is 1. The minimum atomic E-state index is -0.854. The van der Waals surface area contributed by atoms with Gasteiger partial charge in [-0.2, -0.15) is 5.10 Å². The molecule has 24 heavy (non-hydrogen) atoms. The molecule has 126 valence electrons. The Bertz CT molecular complexity index is 787. The molecule has 0 saturated carbocycles. The Morgan fingerprint density at radius 2 is 2.12 bits per heavy atom. The van der Waals surface area contributed by atoms with Gasteiger partial charge in [-0.05, 0) is 44.0 Å². The van der Waals surface area contributed by atoms with Gasteiger partial charge in [-0.1, -0.05) is 17.7 Å². The molecule has 1 N–H and O–H groups in total. The molecular weight excluding hydrogens is 330 g/mol. The number of hydrogen-bond donors (Lipinski definition) is 1. The van der Waals surface area contributed by atoms with E-state index in [4.69, 9.17) is 16.7 Å². The smallest absolute Gasteiger partial charge is 0.308 e. The quantitative estimate of drug-likeness (QED) is 0.926. The Labute approximate surface area is 144 Å². The Morgan fingerprint density at radius 3 is 2.83 bits per heavy atom. The van der Waals surface area contributed by atoms with E-state index in [0.717, 1.165) is 11.4 Å². The van der Waals surface area contributed by atoms with Crippen LogP contribution in [0.5, 0.6) is 0 Å².